The molecule has 9 heteroatoms. The second-order valence-electron chi connectivity index (χ2n) is 10.6. The van der Waals surface area contributed by atoms with Crippen LogP contribution >= 0.6 is 0 Å². The molecule has 0 spiro atoms. The van der Waals surface area contributed by atoms with E-state index in [2.05, 4.69) is 10.6 Å². The predicted octanol–water partition coefficient (Wildman–Crippen LogP) is 4.23. The maximum atomic E-state index is 13.9. The van der Waals surface area contributed by atoms with Crippen molar-refractivity contribution < 1.29 is 28.6 Å². The minimum absolute atomic E-state index is 0.0330. The first kappa shape index (κ1) is 33.3. The number of nitrogens with one attached hydrogen (secondary N) is 2. The zero-order chi connectivity index (χ0) is 29.8. The van der Waals surface area contributed by atoms with Gasteiger partial charge in [0.2, 0.25) is 0 Å². The number of hydrogen-bond acceptors (Lipinski definition) is 5. The number of aliphatic hydroxyl groups is 2. The van der Waals surface area contributed by atoms with E-state index in [9.17, 15) is 28.6 Å². The molecule has 4 N–H and O–H groups in total. The zero-order valence-electron chi connectivity index (χ0n) is 24.3. The van der Waals surface area contributed by atoms with Crippen molar-refractivity contribution >= 4 is 11.8 Å². The lowest BCUT2D eigenvalue weighted by molar-refractivity contribution is 0.0755. The van der Waals surface area contributed by atoms with E-state index in [-0.39, 0.29) is 48.6 Å². The Bertz CT molecular complexity index is 1090. The number of aryl methyl sites for hydroxylation is 1. The van der Waals surface area contributed by atoms with Crippen molar-refractivity contribution in [1.82, 2.24) is 15.5 Å². The molecule has 4 atom stereocenters. The summed E-state index contributed by atoms with van der Waals surface area (Å²) in [5, 5.41) is 26.8. The Kier molecular flexibility index (Phi) is 13.7. The first-order valence-electron chi connectivity index (χ1n) is 14.2. The van der Waals surface area contributed by atoms with Crippen LogP contribution in [0.15, 0.2) is 36.4 Å². The van der Waals surface area contributed by atoms with Crippen LogP contribution in [0.5, 0.6) is 0 Å². The van der Waals surface area contributed by atoms with Crippen LogP contribution in [0, 0.1) is 24.5 Å². The number of nitrogens with zero attached hydrogens (tertiary/aromatic N) is 1. The molecule has 0 aromatic heterocycles. The van der Waals surface area contributed by atoms with Gasteiger partial charge in [-0.3, -0.25) is 9.59 Å². The minimum Gasteiger partial charge on any atom is -0.395 e. The van der Waals surface area contributed by atoms with Crippen LogP contribution in [0.25, 0.3) is 0 Å². The Balaban J connectivity index is 2.32. The molecule has 2 rings (SSSR count). The van der Waals surface area contributed by atoms with Gasteiger partial charge in [-0.05, 0) is 73.6 Å². The summed E-state index contributed by atoms with van der Waals surface area (Å²) >= 11 is 0. The Morgan fingerprint density at radius 2 is 1.52 bits per heavy atom. The van der Waals surface area contributed by atoms with E-state index in [1.165, 1.54) is 6.07 Å². The maximum Gasteiger partial charge on any atom is 0.253 e. The molecule has 0 bridgehead atoms. The van der Waals surface area contributed by atoms with Crippen molar-refractivity contribution in [3.8, 4) is 0 Å². The molecule has 2 aromatic rings. The van der Waals surface area contributed by atoms with Crippen LogP contribution in [0.4, 0.5) is 8.78 Å². The lowest BCUT2D eigenvalue weighted by atomic mass is 9.97. The second kappa shape index (κ2) is 16.4. The van der Waals surface area contributed by atoms with Crippen LogP contribution in [0.1, 0.15) is 78.8 Å². The van der Waals surface area contributed by atoms with Crippen LogP contribution in [0.3, 0.4) is 0 Å². The highest BCUT2D eigenvalue weighted by molar-refractivity contribution is 6.00. The lowest BCUT2D eigenvalue weighted by Gasteiger charge is -2.28. The third kappa shape index (κ3) is 9.94. The number of aliphatic hydroxyl groups excluding tert-OH is 2. The summed E-state index contributed by atoms with van der Waals surface area (Å²) in [6.45, 7) is 10.9. The molecule has 0 fully saturated rings. The fourth-order valence-electron chi connectivity index (χ4n) is 4.74. The van der Waals surface area contributed by atoms with Gasteiger partial charge in [0, 0.05) is 42.9 Å². The number of hydrogen-bond donors (Lipinski definition) is 4. The van der Waals surface area contributed by atoms with Crippen molar-refractivity contribution in [2.24, 2.45) is 5.92 Å². The van der Waals surface area contributed by atoms with E-state index in [0.29, 0.717) is 18.7 Å². The summed E-state index contributed by atoms with van der Waals surface area (Å²) in [5.41, 5.74) is 1.66. The van der Waals surface area contributed by atoms with Crippen LogP contribution in [-0.4, -0.2) is 71.4 Å². The van der Waals surface area contributed by atoms with E-state index >= 15 is 0 Å². The average Bonchev–Trinajstić information content (AvgIpc) is 2.91. The molecule has 2 amide bonds. The molecule has 7 nitrogen and oxygen atoms in total. The highest BCUT2D eigenvalue weighted by Gasteiger charge is 2.26. The molecule has 0 aliphatic heterocycles. The monoisotopic (exact) mass is 561 g/mol. The fourth-order valence-corrected chi connectivity index (χ4v) is 4.74. The van der Waals surface area contributed by atoms with Crippen molar-refractivity contribution in [2.45, 2.75) is 78.5 Å². The summed E-state index contributed by atoms with van der Waals surface area (Å²) in [6.07, 6.45) is 1.28. The smallest absolute Gasteiger partial charge is 0.253 e. The number of rotatable bonds is 16. The summed E-state index contributed by atoms with van der Waals surface area (Å²) in [4.78, 5) is 28.4. The highest BCUT2D eigenvalue weighted by Crippen LogP contribution is 2.16. The van der Waals surface area contributed by atoms with Crippen LogP contribution < -0.4 is 10.6 Å². The summed E-state index contributed by atoms with van der Waals surface area (Å²) in [6, 6.07) is 6.86. The summed E-state index contributed by atoms with van der Waals surface area (Å²) in [7, 11) is 0. The Hall–Kier alpha value is -2.88. The Morgan fingerprint density at radius 1 is 0.925 bits per heavy atom. The van der Waals surface area contributed by atoms with Crippen molar-refractivity contribution in [2.75, 3.05) is 26.2 Å². The van der Waals surface area contributed by atoms with Gasteiger partial charge < -0.3 is 25.7 Å². The summed E-state index contributed by atoms with van der Waals surface area (Å²) in [5.74, 6) is -2.04. The predicted molar refractivity (Wildman–Crippen MR) is 153 cm³/mol. The molecule has 0 heterocycles. The summed E-state index contributed by atoms with van der Waals surface area (Å²) < 4.78 is 27.8. The number of amides is 2. The number of benzene rings is 2. The van der Waals surface area contributed by atoms with Gasteiger partial charge in [0.1, 0.15) is 11.6 Å². The van der Waals surface area contributed by atoms with E-state index in [1.807, 2.05) is 27.7 Å². The van der Waals surface area contributed by atoms with Gasteiger partial charge in [-0.25, -0.2) is 8.78 Å². The van der Waals surface area contributed by atoms with Gasteiger partial charge in [-0.15, -0.1) is 0 Å². The largest absolute Gasteiger partial charge is 0.395 e. The quantitative estimate of drug-likeness (QED) is 0.246. The molecule has 0 saturated carbocycles. The third-order valence-electron chi connectivity index (χ3n) is 7.14. The molecule has 222 valence electrons. The maximum absolute atomic E-state index is 13.9. The van der Waals surface area contributed by atoms with Crippen molar-refractivity contribution in [3.63, 3.8) is 0 Å². The number of carbonyl (C=O) groups excluding carboxylic acids is 2. The Labute approximate surface area is 237 Å². The van der Waals surface area contributed by atoms with Gasteiger partial charge >= 0.3 is 0 Å². The SMILES string of the molecule is CCCN(CCC)C(=O)c1cc(C)cc(C(=O)N[C@@H](Cc2cc(F)cc(F)c2)[C@H](O)CN[C@@H](CO)[C@@H](C)CC)c1. The van der Waals surface area contributed by atoms with E-state index in [0.717, 1.165) is 43.0 Å². The van der Waals surface area contributed by atoms with E-state index in [1.54, 1.807) is 24.0 Å². The molecule has 2 aromatic carbocycles. The highest BCUT2D eigenvalue weighted by atomic mass is 19.1. The number of halogens is 2. The molecular formula is C31H45F2N3O4. The zero-order valence-corrected chi connectivity index (χ0v) is 24.3. The fraction of sp³-hybridized carbons (Fsp3) is 0.548. The Morgan fingerprint density at radius 3 is 2.08 bits per heavy atom. The van der Waals surface area contributed by atoms with E-state index in [4.69, 9.17) is 0 Å². The standard InChI is InChI=1S/C31H45F2N3O4/c1-6-9-36(10-7-2)31(40)24-12-20(4)11-23(16-24)30(39)35-27(15-22-13-25(32)17-26(33)14-22)29(38)18-34-28(19-37)21(5)8-3/h11-14,16-17,21,27-29,34,37-38H,6-10,15,18-19H2,1-5H3,(H,35,39)/t21-,27-,28-,29+/m0/s1. The molecule has 0 radical (unpaired) electrons. The van der Waals surface area contributed by atoms with Crippen molar-refractivity contribution in [1.29, 1.82) is 0 Å². The minimum atomic E-state index is -1.14. The van der Waals surface area contributed by atoms with Crippen LogP contribution in [-0.2, 0) is 6.42 Å². The first-order chi connectivity index (χ1) is 19.0. The topological polar surface area (TPSA) is 102 Å². The molecule has 0 saturated heterocycles. The van der Waals surface area contributed by atoms with Gasteiger partial charge in [0.25, 0.3) is 11.8 Å². The van der Waals surface area contributed by atoms with Gasteiger partial charge in [0.05, 0.1) is 18.8 Å². The van der Waals surface area contributed by atoms with Crippen LogP contribution in [0.2, 0.25) is 0 Å². The number of carbonyl (C=O) groups is 2. The second-order valence-corrected chi connectivity index (χ2v) is 10.6. The molecule has 0 unspecified atom stereocenters. The molecule has 40 heavy (non-hydrogen) atoms. The molecule has 0 aliphatic carbocycles. The van der Waals surface area contributed by atoms with Crippen molar-refractivity contribution in [3.05, 3.63) is 70.3 Å². The normalized spacial score (nSPS) is 14.3. The average molecular weight is 562 g/mol. The third-order valence-corrected chi connectivity index (χ3v) is 7.14. The van der Waals surface area contributed by atoms with Gasteiger partial charge in [-0.1, -0.05) is 34.1 Å². The molecule has 0 aliphatic rings. The lowest BCUT2D eigenvalue weighted by Crippen LogP contribution is -2.51. The first-order valence-corrected chi connectivity index (χ1v) is 14.2. The molecular weight excluding hydrogens is 516 g/mol. The van der Waals surface area contributed by atoms with E-state index < -0.39 is 29.7 Å². The van der Waals surface area contributed by atoms with Gasteiger partial charge in [0.15, 0.2) is 0 Å². The van der Waals surface area contributed by atoms with Gasteiger partial charge in [-0.2, -0.15) is 0 Å².